The molecule has 21 heavy (non-hydrogen) atoms. The van der Waals surface area contributed by atoms with Crippen LogP contribution < -0.4 is 10.6 Å². The number of carboxylic acid groups (broad SMARTS) is 1. The Hall–Kier alpha value is -1.88. The van der Waals surface area contributed by atoms with Crippen molar-refractivity contribution in [2.45, 2.75) is 44.8 Å². The van der Waals surface area contributed by atoms with Gasteiger partial charge in [0, 0.05) is 24.7 Å². The van der Waals surface area contributed by atoms with Crippen LogP contribution in [0.2, 0.25) is 0 Å². The fraction of sp³-hybridized carbons (Fsp3) is 0.500. The van der Waals surface area contributed by atoms with Gasteiger partial charge in [0.2, 0.25) is 0 Å². The standard InChI is InChI=1S/C16H20N2O3/c19-15(10-4-5-12-8-17-9-13(12)6-10)18-14-3-1-2-11(7-14)16(20)21/h4-6,11,14,17H,1-3,7-9H2,(H,18,19)(H,20,21). The SMILES string of the molecule is O=C(NC1CCCC(C(=O)O)C1)c1ccc2c(c1)CNC2. The molecule has 3 rings (SSSR count). The largest absolute Gasteiger partial charge is 0.481 e. The van der Waals surface area contributed by atoms with Crippen LogP contribution in [-0.2, 0) is 17.9 Å². The Morgan fingerprint density at radius 3 is 2.81 bits per heavy atom. The molecule has 1 aliphatic carbocycles. The summed E-state index contributed by atoms with van der Waals surface area (Å²) in [5, 5.41) is 15.3. The van der Waals surface area contributed by atoms with Crippen LogP contribution in [0.3, 0.4) is 0 Å². The van der Waals surface area contributed by atoms with Crippen LogP contribution >= 0.6 is 0 Å². The van der Waals surface area contributed by atoms with Crippen LogP contribution in [0, 0.1) is 5.92 Å². The van der Waals surface area contributed by atoms with Crippen molar-refractivity contribution in [3.63, 3.8) is 0 Å². The van der Waals surface area contributed by atoms with Crippen molar-refractivity contribution in [1.82, 2.24) is 10.6 Å². The Kier molecular flexibility index (Phi) is 3.92. The summed E-state index contributed by atoms with van der Waals surface area (Å²) in [6.07, 6.45) is 2.97. The summed E-state index contributed by atoms with van der Waals surface area (Å²) < 4.78 is 0. The lowest BCUT2D eigenvalue weighted by molar-refractivity contribution is -0.143. The highest BCUT2D eigenvalue weighted by Gasteiger charge is 2.28. The highest BCUT2D eigenvalue weighted by Crippen LogP contribution is 2.25. The molecule has 2 aliphatic rings. The average Bonchev–Trinajstić information content (AvgIpc) is 2.94. The zero-order valence-corrected chi connectivity index (χ0v) is 11.9. The molecule has 0 spiro atoms. The highest BCUT2D eigenvalue weighted by atomic mass is 16.4. The van der Waals surface area contributed by atoms with Gasteiger partial charge in [-0.2, -0.15) is 0 Å². The van der Waals surface area contributed by atoms with E-state index in [4.69, 9.17) is 5.11 Å². The summed E-state index contributed by atoms with van der Waals surface area (Å²) in [5.41, 5.74) is 3.08. The Balaban J connectivity index is 1.64. The number of fused-ring (bicyclic) bond motifs is 1. The van der Waals surface area contributed by atoms with E-state index in [1.165, 1.54) is 11.1 Å². The van der Waals surface area contributed by atoms with Gasteiger partial charge in [-0.05, 0) is 42.5 Å². The number of carbonyl (C=O) groups excluding carboxylic acids is 1. The molecule has 1 aromatic carbocycles. The van der Waals surface area contributed by atoms with E-state index in [1.54, 1.807) is 0 Å². The normalized spacial score (nSPS) is 24.4. The third kappa shape index (κ3) is 3.08. The van der Waals surface area contributed by atoms with E-state index < -0.39 is 5.97 Å². The van der Waals surface area contributed by atoms with Crippen LogP contribution in [0.4, 0.5) is 0 Å². The van der Waals surface area contributed by atoms with Crippen molar-refractivity contribution in [3.8, 4) is 0 Å². The average molecular weight is 288 g/mol. The highest BCUT2D eigenvalue weighted by molar-refractivity contribution is 5.94. The predicted octanol–water partition coefficient (Wildman–Crippen LogP) is 1.66. The van der Waals surface area contributed by atoms with Gasteiger partial charge in [-0.15, -0.1) is 0 Å². The summed E-state index contributed by atoms with van der Waals surface area (Å²) in [7, 11) is 0. The first-order valence-electron chi connectivity index (χ1n) is 7.49. The smallest absolute Gasteiger partial charge is 0.306 e. The number of rotatable bonds is 3. The van der Waals surface area contributed by atoms with E-state index in [9.17, 15) is 9.59 Å². The molecule has 1 saturated carbocycles. The molecule has 1 fully saturated rings. The van der Waals surface area contributed by atoms with Crippen molar-refractivity contribution < 1.29 is 14.7 Å². The lowest BCUT2D eigenvalue weighted by Crippen LogP contribution is -2.39. The minimum atomic E-state index is -0.752. The summed E-state index contributed by atoms with van der Waals surface area (Å²) >= 11 is 0. The Bertz CT molecular complexity index is 571. The van der Waals surface area contributed by atoms with E-state index in [-0.39, 0.29) is 17.9 Å². The number of nitrogens with one attached hydrogen (secondary N) is 2. The maximum atomic E-state index is 12.3. The molecule has 1 aliphatic heterocycles. The molecule has 0 radical (unpaired) electrons. The van der Waals surface area contributed by atoms with E-state index in [1.807, 2.05) is 18.2 Å². The summed E-state index contributed by atoms with van der Waals surface area (Å²) in [5.74, 6) is -1.17. The number of carboxylic acids is 1. The molecule has 0 bridgehead atoms. The Labute approximate surface area is 123 Å². The van der Waals surface area contributed by atoms with Crippen LogP contribution in [0.5, 0.6) is 0 Å². The fourth-order valence-electron chi connectivity index (χ4n) is 3.25. The van der Waals surface area contributed by atoms with Crippen molar-refractivity contribution in [3.05, 3.63) is 34.9 Å². The molecule has 3 N–H and O–H groups in total. The molecule has 112 valence electrons. The predicted molar refractivity (Wildman–Crippen MR) is 77.8 cm³/mol. The molecule has 0 aromatic heterocycles. The quantitative estimate of drug-likeness (QED) is 0.790. The molecule has 5 heteroatoms. The van der Waals surface area contributed by atoms with E-state index >= 15 is 0 Å². The van der Waals surface area contributed by atoms with Crippen molar-refractivity contribution in [2.75, 3.05) is 0 Å². The van der Waals surface area contributed by atoms with Crippen molar-refractivity contribution >= 4 is 11.9 Å². The molecule has 1 aromatic rings. The van der Waals surface area contributed by atoms with Gasteiger partial charge in [0.25, 0.3) is 5.91 Å². The second kappa shape index (κ2) is 5.85. The van der Waals surface area contributed by atoms with Gasteiger partial charge >= 0.3 is 5.97 Å². The van der Waals surface area contributed by atoms with Gasteiger partial charge < -0.3 is 15.7 Å². The minimum Gasteiger partial charge on any atom is -0.481 e. The molecule has 0 saturated heterocycles. The maximum Gasteiger partial charge on any atom is 0.306 e. The van der Waals surface area contributed by atoms with E-state index in [0.717, 1.165) is 25.9 Å². The number of amides is 1. The Morgan fingerprint density at radius 2 is 2.00 bits per heavy atom. The molecule has 1 heterocycles. The number of hydrogen-bond donors (Lipinski definition) is 3. The maximum absolute atomic E-state index is 12.3. The second-order valence-electron chi connectivity index (χ2n) is 5.96. The van der Waals surface area contributed by atoms with Crippen LogP contribution in [0.15, 0.2) is 18.2 Å². The molecular weight excluding hydrogens is 268 g/mol. The second-order valence-corrected chi connectivity index (χ2v) is 5.96. The monoisotopic (exact) mass is 288 g/mol. The first-order chi connectivity index (χ1) is 10.1. The van der Waals surface area contributed by atoms with Crippen LogP contribution in [-0.4, -0.2) is 23.0 Å². The lowest BCUT2D eigenvalue weighted by atomic mass is 9.85. The molecule has 5 nitrogen and oxygen atoms in total. The van der Waals surface area contributed by atoms with E-state index in [2.05, 4.69) is 10.6 Å². The number of aliphatic carboxylic acids is 1. The van der Waals surface area contributed by atoms with Gasteiger partial charge in [-0.1, -0.05) is 12.5 Å². The molecule has 2 unspecified atom stereocenters. The lowest BCUT2D eigenvalue weighted by Gasteiger charge is -2.27. The first kappa shape index (κ1) is 14.1. The van der Waals surface area contributed by atoms with Crippen LogP contribution in [0.1, 0.15) is 47.2 Å². The molecule has 2 atom stereocenters. The number of hydrogen-bond acceptors (Lipinski definition) is 3. The summed E-state index contributed by atoms with van der Waals surface area (Å²) in [6.45, 7) is 1.67. The zero-order chi connectivity index (χ0) is 14.8. The Morgan fingerprint density at radius 1 is 1.19 bits per heavy atom. The molecule has 1 amide bonds. The van der Waals surface area contributed by atoms with Crippen molar-refractivity contribution in [1.29, 1.82) is 0 Å². The number of benzene rings is 1. The minimum absolute atomic E-state index is 0.0290. The molecular formula is C16H20N2O3. The zero-order valence-electron chi connectivity index (χ0n) is 11.9. The van der Waals surface area contributed by atoms with Crippen LogP contribution in [0.25, 0.3) is 0 Å². The first-order valence-corrected chi connectivity index (χ1v) is 7.49. The third-order valence-electron chi connectivity index (χ3n) is 4.46. The summed E-state index contributed by atoms with van der Waals surface area (Å²) in [6, 6.07) is 5.74. The summed E-state index contributed by atoms with van der Waals surface area (Å²) in [4.78, 5) is 23.4. The fourth-order valence-corrected chi connectivity index (χ4v) is 3.25. The van der Waals surface area contributed by atoms with Gasteiger partial charge in [-0.3, -0.25) is 9.59 Å². The van der Waals surface area contributed by atoms with Gasteiger partial charge in [0.15, 0.2) is 0 Å². The third-order valence-corrected chi connectivity index (χ3v) is 4.46. The topological polar surface area (TPSA) is 78.4 Å². The van der Waals surface area contributed by atoms with E-state index in [0.29, 0.717) is 18.4 Å². The number of carbonyl (C=O) groups is 2. The van der Waals surface area contributed by atoms with Crippen molar-refractivity contribution in [2.24, 2.45) is 5.92 Å². The van der Waals surface area contributed by atoms with Gasteiger partial charge in [0.05, 0.1) is 5.92 Å². The van der Waals surface area contributed by atoms with Gasteiger partial charge in [-0.25, -0.2) is 0 Å². The van der Waals surface area contributed by atoms with Gasteiger partial charge in [0.1, 0.15) is 0 Å².